The molecule has 0 aliphatic heterocycles. The number of amides is 1. The van der Waals surface area contributed by atoms with E-state index in [1.807, 2.05) is 18.2 Å². The molecular weight excluding hydrogens is 337 g/mol. The Hall–Kier alpha value is -3.09. The van der Waals surface area contributed by atoms with Gasteiger partial charge in [0, 0.05) is 7.05 Å². The van der Waals surface area contributed by atoms with Crippen molar-refractivity contribution >= 4 is 16.9 Å². The van der Waals surface area contributed by atoms with Gasteiger partial charge in [-0.05, 0) is 36.8 Å². The minimum absolute atomic E-state index is 0.108. The van der Waals surface area contributed by atoms with Crippen molar-refractivity contribution in [3.8, 4) is 5.75 Å². The molecule has 136 valence electrons. The number of imidazole rings is 1. The first-order valence-corrected chi connectivity index (χ1v) is 8.19. The summed E-state index contributed by atoms with van der Waals surface area (Å²) >= 11 is 0. The van der Waals surface area contributed by atoms with Crippen molar-refractivity contribution < 1.29 is 13.9 Å². The van der Waals surface area contributed by atoms with Crippen molar-refractivity contribution in [3.63, 3.8) is 0 Å². The zero-order valence-electron chi connectivity index (χ0n) is 14.8. The molecule has 0 aliphatic carbocycles. The lowest BCUT2D eigenvalue weighted by atomic mass is 10.1. The highest BCUT2D eigenvalue weighted by Gasteiger charge is 2.16. The van der Waals surface area contributed by atoms with E-state index in [1.54, 1.807) is 26.1 Å². The Morgan fingerprint density at radius 1 is 1.23 bits per heavy atom. The van der Waals surface area contributed by atoms with Crippen LogP contribution in [-0.2, 0) is 18.4 Å². The fourth-order valence-corrected chi connectivity index (χ4v) is 2.98. The Bertz CT molecular complexity index is 1020. The standard InChI is InChI=1S/C19H20FN3O3/c1-12(13-8-9-17(26-3)14(20)10-13)21-18(24)11-23-16-7-5-4-6-15(16)22(2)19(23)25/h4-10,12H,11H2,1-3H3,(H,21,24)/t12-/m0/s1. The number of hydrogen-bond acceptors (Lipinski definition) is 3. The SMILES string of the molecule is COc1ccc([C@H](C)NC(=O)Cn2c(=O)n(C)c3ccccc32)cc1F. The fourth-order valence-electron chi connectivity index (χ4n) is 2.98. The van der Waals surface area contributed by atoms with E-state index in [1.165, 1.54) is 28.4 Å². The molecule has 1 amide bonds. The largest absolute Gasteiger partial charge is 0.494 e. The third-order valence-corrected chi connectivity index (χ3v) is 4.41. The summed E-state index contributed by atoms with van der Waals surface area (Å²) in [7, 11) is 3.06. The molecule has 0 radical (unpaired) electrons. The molecule has 3 aromatic rings. The van der Waals surface area contributed by atoms with Gasteiger partial charge in [0.1, 0.15) is 6.54 Å². The molecule has 1 atom stereocenters. The molecule has 1 heterocycles. The summed E-state index contributed by atoms with van der Waals surface area (Å²) in [6, 6.07) is 11.4. The van der Waals surface area contributed by atoms with E-state index in [2.05, 4.69) is 5.32 Å². The lowest BCUT2D eigenvalue weighted by molar-refractivity contribution is -0.122. The first-order chi connectivity index (χ1) is 12.4. The Morgan fingerprint density at radius 2 is 1.92 bits per heavy atom. The van der Waals surface area contributed by atoms with Crippen molar-refractivity contribution in [3.05, 3.63) is 64.3 Å². The normalized spacial score (nSPS) is 12.2. The van der Waals surface area contributed by atoms with Crippen molar-refractivity contribution in [2.75, 3.05) is 7.11 Å². The fraction of sp³-hybridized carbons (Fsp3) is 0.263. The average Bonchev–Trinajstić information content (AvgIpc) is 2.87. The first kappa shape index (κ1) is 17.7. The first-order valence-electron chi connectivity index (χ1n) is 8.19. The topological polar surface area (TPSA) is 65.3 Å². The third kappa shape index (κ3) is 3.20. The summed E-state index contributed by atoms with van der Waals surface area (Å²) < 4.78 is 21.7. The van der Waals surface area contributed by atoms with Crippen LogP contribution in [0.3, 0.4) is 0 Å². The number of para-hydroxylation sites is 2. The second kappa shape index (κ2) is 7.03. The van der Waals surface area contributed by atoms with Crippen LogP contribution in [0, 0.1) is 5.82 Å². The van der Waals surface area contributed by atoms with Crippen molar-refractivity contribution in [1.29, 1.82) is 0 Å². The van der Waals surface area contributed by atoms with Crippen molar-refractivity contribution in [2.24, 2.45) is 7.05 Å². The molecule has 0 unspecified atom stereocenters. The Labute approximate surface area is 149 Å². The summed E-state index contributed by atoms with van der Waals surface area (Å²) in [4.78, 5) is 24.8. The van der Waals surface area contributed by atoms with Gasteiger partial charge in [-0.3, -0.25) is 13.9 Å². The summed E-state index contributed by atoms with van der Waals surface area (Å²) in [6.07, 6.45) is 0. The molecule has 0 aliphatic rings. The monoisotopic (exact) mass is 357 g/mol. The molecule has 0 spiro atoms. The number of aryl methyl sites for hydroxylation is 1. The van der Waals surface area contributed by atoms with Gasteiger partial charge in [0.05, 0.1) is 24.2 Å². The Morgan fingerprint density at radius 3 is 2.58 bits per heavy atom. The van der Waals surface area contributed by atoms with Crippen LogP contribution in [0.2, 0.25) is 0 Å². The third-order valence-electron chi connectivity index (χ3n) is 4.41. The van der Waals surface area contributed by atoms with E-state index < -0.39 is 11.9 Å². The highest BCUT2D eigenvalue weighted by molar-refractivity contribution is 5.81. The summed E-state index contributed by atoms with van der Waals surface area (Å²) in [5.41, 5.74) is 1.81. The molecule has 26 heavy (non-hydrogen) atoms. The predicted molar refractivity (Wildman–Crippen MR) is 96.7 cm³/mol. The average molecular weight is 357 g/mol. The molecule has 0 bridgehead atoms. The lowest BCUT2D eigenvalue weighted by Gasteiger charge is -2.15. The Balaban J connectivity index is 1.78. The smallest absolute Gasteiger partial charge is 0.329 e. The van der Waals surface area contributed by atoms with Crippen LogP contribution in [0.1, 0.15) is 18.5 Å². The number of hydrogen-bond donors (Lipinski definition) is 1. The van der Waals surface area contributed by atoms with Gasteiger partial charge in [-0.25, -0.2) is 9.18 Å². The maximum absolute atomic E-state index is 13.8. The number of carbonyl (C=O) groups excluding carboxylic acids is 1. The Kier molecular flexibility index (Phi) is 4.79. The van der Waals surface area contributed by atoms with E-state index in [-0.39, 0.29) is 23.9 Å². The van der Waals surface area contributed by atoms with E-state index in [4.69, 9.17) is 4.74 Å². The van der Waals surface area contributed by atoms with Crippen LogP contribution in [-0.4, -0.2) is 22.2 Å². The van der Waals surface area contributed by atoms with E-state index in [9.17, 15) is 14.0 Å². The van der Waals surface area contributed by atoms with E-state index in [0.29, 0.717) is 11.1 Å². The number of rotatable bonds is 5. The van der Waals surface area contributed by atoms with Gasteiger partial charge in [-0.1, -0.05) is 18.2 Å². The minimum atomic E-state index is -0.489. The van der Waals surface area contributed by atoms with Crippen LogP contribution < -0.4 is 15.7 Å². The number of nitrogens with one attached hydrogen (secondary N) is 1. The highest BCUT2D eigenvalue weighted by atomic mass is 19.1. The number of aromatic nitrogens is 2. The highest BCUT2D eigenvalue weighted by Crippen LogP contribution is 2.21. The second-order valence-electron chi connectivity index (χ2n) is 6.10. The van der Waals surface area contributed by atoms with Crippen LogP contribution in [0.15, 0.2) is 47.3 Å². The van der Waals surface area contributed by atoms with Gasteiger partial charge in [0.2, 0.25) is 5.91 Å². The van der Waals surface area contributed by atoms with Gasteiger partial charge in [0.25, 0.3) is 0 Å². The van der Waals surface area contributed by atoms with Gasteiger partial charge >= 0.3 is 5.69 Å². The van der Waals surface area contributed by atoms with Gasteiger partial charge < -0.3 is 10.1 Å². The number of benzene rings is 2. The maximum atomic E-state index is 13.8. The van der Waals surface area contributed by atoms with Gasteiger partial charge in [-0.2, -0.15) is 0 Å². The van der Waals surface area contributed by atoms with Crippen molar-refractivity contribution in [2.45, 2.75) is 19.5 Å². The van der Waals surface area contributed by atoms with Gasteiger partial charge in [0.15, 0.2) is 11.6 Å². The maximum Gasteiger partial charge on any atom is 0.329 e. The summed E-state index contributed by atoms with van der Waals surface area (Å²) in [5.74, 6) is -0.668. The van der Waals surface area contributed by atoms with Crippen LogP contribution in [0.5, 0.6) is 5.75 Å². The van der Waals surface area contributed by atoms with Crippen LogP contribution >= 0.6 is 0 Å². The molecule has 1 N–H and O–H groups in total. The minimum Gasteiger partial charge on any atom is -0.494 e. The van der Waals surface area contributed by atoms with E-state index >= 15 is 0 Å². The second-order valence-corrected chi connectivity index (χ2v) is 6.10. The number of halogens is 1. The molecule has 0 saturated carbocycles. The number of carbonyl (C=O) groups is 1. The zero-order valence-corrected chi connectivity index (χ0v) is 14.8. The number of ether oxygens (including phenoxy) is 1. The van der Waals surface area contributed by atoms with Crippen LogP contribution in [0.25, 0.3) is 11.0 Å². The van der Waals surface area contributed by atoms with Crippen molar-refractivity contribution in [1.82, 2.24) is 14.5 Å². The molecule has 7 heteroatoms. The number of nitrogens with zero attached hydrogens (tertiary/aromatic N) is 2. The molecule has 2 aromatic carbocycles. The number of fused-ring (bicyclic) bond motifs is 1. The predicted octanol–water partition coefficient (Wildman–Crippen LogP) is 2.37. The molecular formula is C19H20FN3O3. The number of methoxy groups -OCH3 is 1. The quantitative estimate of drug-likeness (QED) is 0.762. The molecule has 6 nitrogen and oxygen atoms in total. The van der Waals surface area contributed by atoms with Crippen LogP contribution in [0.4, 0.5) is 4.39 Å². The molecule has 0 saturated heterocycles. The molecule has 1 aromatic heterocycles. The van der Waals surface area contributed by atoms with E-state index in [0.717, 1.165) is 5.52 Å². The summed E-state index contributed by atoms with van der Waals surface area (Å²) in [6.45, 7) is 1.65. The lowest BCUT2D eigenvalue weighted by Crippen LogP contribution is -2.34. The van der Waals surface area contributed by atoms with Gasteiger partial charge in [-0.15, -0.1) is 0 Å². The molecule has 3 rings (SSSR count). The molecule has 0 fully saturated rings. The summed E-state index contributed by atoms with van der Waals surface area (Å²) in [5, 5.41) is 2.80. The zero-order chi connectivity index (χ0) is 18.8.